The molecule has 1 heterocycles. The summed E-state index contributed by atoms with van der Waals surface area (Å²) < 4.78 is 16.2. The molecule has 3 N–H and O–H groups in total. The van der Waals surface area contributed by atoms with E-state index in [1.54, 1.807) is 18.2 Å². The van der Waals surface area contributed by atoms with Crippen LogP contribution < -0.4 is 19.4 Å². The summed E-state index contributed by atoms with van der Waals surface area (Å²) in [7, 11) is 1.48. The number of carboxylic acid groups (broad SMARTS) is 1. The Morgan fingerprint density at radius 1 is 1.24 bits per heavy atom. The summed E-state index contributed by atoms with van der Waals surface area (Å²) in [4.78, 5) is 11.7. The molecule has 3 aromatic rings. The molecule has 3 aromatic carbocycles. The van der Waals surface area contributed by atoms with Crippen molar-refractivity contribution in [2.75, 3.05) is 13.9 Å². The van der Waals surface area contributed by atoms with E-state index in [-0.39, 0.29) is 29.2 Å². The van der Waals surface area contributed by atoms with Crippen LogP contribution in [-0.4, -0.2) is 30.2 Å². The van der Waals surface area contributed by atoms with E-state index in [2.05, 4.69) is 0 Å². The van der Waals surface area contributed by atoms with Gasteiger partial charge in [0, 0.05) is 16.8 Å². The molecule has 4 rings (SSSR count). The molecule has 1 aliphatic rings. The minimum absolute atomic E-state index is 0.0593. The molecule has 25 heavy (non-hydrogen) atoms. The van der Waals surface area contributed by atoms with Crippen LogP contribution in [0.25, 0.3) is 21.5 Å². The Balaban J connectivity index is 2.31. The normalized spacial score (nSPS) is 14.0. The van der Waals surface area contributed by atoms with Crippen LogP contribution in [0.4, 0.5) is 5.69 Å². The first-order valence-electron chi connectivity index (χ1n) is 7.35. The van der Waals surface area contributed by atoms with Crippen molar-refractivity contribution in [2.45, 2.75) is 0 Å². The lowest BCUT2D eigenvalue weighted by Crippen LogP contribution is -2.99. The number of hydrogen-bond donors (Lipinski definition) is 3. The van der Waals surface area contributed by atoms with Crippen molar-refractivity contribution in [1.82, 2.24) is 0 Å². The largest absolute Gasteiger partial charge is 0.595 e. The zero-order valence-electron chi connectivity index (χ0n) is 13.0. The second-order valence-corrected chi connectivity index (χ2v) is 5.50. The number of ether oxygens (including phenoxy) is 3. The number of fused-ring (bicyclic) bond motifs is 5. The van der Waals surface area contributed by atoms with Gasteiger partial charge in [0.2, 0.25) is 6.79 Å². The third-order valence-corrected chi connectivity index (χ3v) is 4.24. The average molecular weight is 343 g/mol. The van der Waals surface area contributed by atoms with Crippen molar-refractivity contribution < 1.29 is 34.5 Å². The highest BCUT2D eigenvalue weighted by molar-refractivity contribution is 6.21. The van der Waals surface area contributed by atoms with E-state index in [0.717, 1.165) is 0 Å². The minimum atomic E-state index is -1.24. The Bertz CT molecular complexity index is 1030. The van der Waals surface area contributed by atoms with Gasteiger partial charge in [-0.2, -0.15) is 5.23 Å². The molecule has 0 saturated carbocycles. The number of carboxylic acids is 1. The number of aromatic carboxylic acids is 1. The Labute approximate surface area is 140 Å². The number of methoxy groups -OCH3 is 1. The molecule has 0 fully saturated rings. The Kier molecular flexibility index (Phi) is 3.39. The molecule has 128 valence electrons. The van der Waals surface area contributed by atoms with Gasteiger partial charge in [-0.3, -0.25) is 0 Å². The summed E-state index contributed by atoms with van der Waals surface area (Å²) in [6.45, 7) is -0.0593. The fraction of sp³-hybridized carbons (Fsp3) is 0.118. The molecule has 0 amide bonds. The second kappa shape index (κ2) is 5.49. The van der Waals surface area contributed by atoms with Gasteiger partial charge in [-0.15, -0.1) is 0 Å². The first-order valence-corrected chi connectivity index (χ1v) is 7.35. The lowest BCUT2D eigenvalue weighted by atomic mass is 9.95. The Hall–Kier alpha value is -3.07. The van der Waals surface area contributed by atoms with Gasteiger partial charge >= 0.3 is 5.97 Å². The molecule has 8 nitrogen and oxygen atoms in total. The van der Waals surface area contributed by atoms with Gasteiger partial charge in [0.1, 0.15) is 5.75 Å². The van der Waals surface area contributed by atoms with Gasteiger partial charge in [-0.25, -0.2) is 10.0 Å². The van der Waals surface area contributed by atoms with Gasteiger partial charge in [-0.05, 0) is 17.5 Å². The maximum Gasteiger partial charge on any atom is 0.336 e. The zero-order chi connectivity index (χ0) is 17.7. The molecular weight excluding hydrogens is 330 g/mol. The van der Waals surface area contributed by atoms with Crippen LogP contribution in [0.3, 0.4) is 0 Å². The highest BCUT2D eigenvalue weighted by Crippen LogP contribution is 2.47. The summed E-state index contributed by atoms with van der Waals surface area (Å²) in [5.74, 6) is -0.152. The quantitative estimate of drug-likeness (QED) is 0.491. The topological polar surface area (TPSA) is 113 Å². The minimum Gasteiger partial charge on any atom is -0.595 e. The first kappa shape index (κ1) is 15.5. The number of quaternary nitrogens is 1. The summed E-state index contributed by atoms with van der Waals surface area (Å²) in [5.41, 5.74) is -0.288. The maximum atomic E-state index is 11.8. The van der Waals surface area contributed by atoms with Gasteiger partial charge in [0.05, 0.1) is 18.1 Å². The van der Waals surface area contributed by atoms with Crippen molar-refractivity contribution in [1.29, 1.82) is 0 Å². The fourth-order valence-electron chi connectivity index (χ4n) is 3.22. The molecular formula is C17H13NO7. The molecule has 0 spiro atoms. The maximum absolute atomic E-state index is 11.8. The van der Waals surface area contributed by atoms with Crippen LogP contribution >= 0.6 is 0 Å². The fourth-order valence-corrected chi connectivity index (χ4v) is 3.22. The molecule has 8 heteroatoms. The summed E-state index contributed by atoms with van der Waals surface area (Å²) in [6, 6.07) is 7.94. The molecule has 1 aliphatic heterocycles. The summed E-state index contributed by atoms with van der Waals surface area (Å²) in [5, 5.41) is 31.5. The predicted molar refractivity (Wildman–Crippen MR) is 86.9 cm³/mol. The van der Waals surface area contributed by atoms with E-state index in [1.807, 2.05) is 0 Å². The molecule has 0 radical (unpaired) electrons. The van der Waals surface area contributed by atoms with E-state index < -0.39 is 11.2 Å². The third-order valence-electron chi connectivity index (χ3n) is 4.24. The highest BCUT2D eigenvalue weighted by atomic mass is 16.8. The number of nitrogens with one attached hydrogen (secondary N) is 1. The lowest BCUT2D eigenvalue weighted by molar-refractivity contribution is -0.990. The Morgan fingerprint density at radius 2 is 2.04 bits per heavy atom. The van der Waals surface area contributed by atoms with E-state index in [1.165, 1.54) is 19.2 Å². The molecule has 0 aromatic heterocycles. The van der Waals surface area contributed by atoms with Gasteiger partial charge in [0.15, 0.2) is 17.2 Å². The van der Waals surface area contributed by atoms with Gasteiger partial charge in [0.25, 0.3) is 0 Å². The number of carbonyl (C=O) groups is 1. The molecule has 0 bridgehead atoms. The third kappa shape index (κ3) is 2.16. The summed E-state index contributed by atoms with van der Waals surface area (Å²) >= 11 is 0. The van der Waals surface area contributed by atoms with Gasteiger partial charge < -0.3 is 24.5 Å². The van der Waals surface area contributed by atoms with E-state index in [9.17, 15) is 20.3 Å². The first-order chi connectivity index (χ1) is 12.0. The van der Waals surface area contributed by atoms with Crippen LogP contribution in [0, 0.1) is 5.21 Å². The van der Waals surface area contributed by atoms with E-state index in [0.29, 0.717) is 27.7 Å². The number of hydrogen-bond acceptors (Lipinski definition) is 6. The summed E-state index contributed by atoms with van der Waals surface area (Å²) in [6.07, 6.45) is 0. The molecule has 1 unspecified atom stereocenters. The van der Waals surface area contributed by atoms with Crippen molar-refractivity contribution in [3.05, 3.63) is 41.1 Å². The van der Waals surface area contributed by atoms with Crippen LogP contribution in [0.5, 0.6) is 17.2 Å². The van der Waals surface area contributed by atoms with Gasteiger partial charge in [-0.1, -0.05) is 12.1 Å². The SMILES string of the molecule is COc1cccc2c1cc([NH+]([O-])O)c1c(C(=O)O)cc3c(c12)OCO3. The highest BCUT2D eigenvalue weighted by Gasteiger charge is 2.28. The van der Waals surface area contributed by atoms with Crippen molar-refractivity contribution in [3.8, 4) is 17.2 Å². The predicted octanol–water partition coefficient (Wildman–Crippen LogP) is 1.83. The van der Waals surface area contributed by atoms with Crippen molar-refractivity contribution >= 4 is 33.2 Å². The van der Waals surface area contributed by atoms with Crippen molar-refractivity contribution in [3.63, 3.8) is 0 Å². The van der Waals surface area contributed by atoms with Crippen LogP contribution in [-0.2, 0) is 0 Å². The lowest BCUT2D eigenvalue weighted by Gasteiger charge is -2.19. The molecule has 0 aliphatic carbocycles. The zero-order valence-corrected chi connectivity index (χ0v) is 13.0. The second-order valence-electron chi connectivity index (χ2n) is 5.50. The smallest absolute Gasteiger partial charge is 0.336 e. The van der Waals surface area contributed by atoms with E-state index in [4.69, 9.17) is 14.2 Å². The monoisotopic (exact) mass is 343 g/mol. The molecule has 1 atom stereocenters. The Morgan fingerprint density at radius 3 is 2.72 bits per heavy atom. The van der Waals surface area contributed by atoms with Crippen LogP contribution in [0.15, 0.2) is 30.3 Å². The number of rotatable bonds is 3. The number of benzene rings is 3. The van der Waals surface area contributed by atoms with E-state index >= 15 is 0 Å². The average Bonchev–Trinajstić information content (AvgIpc) is 3.07. The van der Waals surface area contributed by atoms with Crippen LogP contribution in [0.1, 0.15) is 10.4 Å². The standard InChI is InChI=1S/C17H13NO7/c1-23-12-4-2-3-8-9(12)5-11(18(21)22)14-10(17(19)20)6-13-16(15(8)14)25-7-24-13/h2-6,18,21H,7H2,1H3,(H,19,20). The molecule has 0 saturated heterocycles. The van der Waals surface area contributed by atoms with Crippen LogP contribution in [0.2, 0.25) is 0 Å². The van der Waals surface area contributed by atoms with Crippen molar-refractivity contribution in [2.24, 2.45) is 0 Å².